The van der Waals surface area contributed by atoms with E-state index in [1.807, 2.05) is 19.9 Å². The minimum atomic E-state index is -0.862. The Balaban J connectivity index is 0.000000470. The predicted molar refractivity (Wildman–Crippen MR) is 92.4 cm³/mol. The molecular weight excluding hydrogens is 312 g/mol. The van der Waals surface area contributed by atoms with Gasteiger partial charge in [0.15, 0.2) is 0 Å². The van der Waals surface area contributed by atoms with E-state index >= 15 is 0 Å². The summed E-state index contributed by atoms with van der Waals surface area (Å²) in [5.74, 6) is 0. The van der Waals surface area contributed by atoms with Crippen molar-refractivity contribution in [1.29, 1.82) is 0 Å². The molecule has 0 bridgehead atoms. The molecule has 4 unspecified atom stereocenters. The van der Waals surface area contributed by atoms with Gasteiger partial charge >= 0.3 is 0 Å². The van der Waals surface area contributed by atoms with Crippen molar-refractivity contribution < 1.29 is 30.6 Å². The zero-order valence-corrected chi connectivity index (χ0v) is 14.5. The Labute approximate surface area is 144 Å². The minimum absolute atomic E-state index is 0.212. The Morgan fingerprint density at radius 1 is 0.750 bits per heavy atom. The summed E-state index contributed by atoms with van der Waals surface area (Å²) in [5, 5.41) is 53.9. The van der Waals surface area contributed by atoms with Crippen LogP contribution in [0.3, 0.4) is 0 Å². The summed E-state index contributed by atoms with van der Waals surface area (Å²) in [7, 11) is 0. The topological polar surface area (TPSA) is 121 Å². The SMILES string of the molecule is CCC(O)CCC(O)CO.CCC(O)c1cccc(C(O)CO)c1. The van der Waals surface area contributed by atoms with Crippen LogP contribution in [0.4, 0.5) is 0 Å². The van der Waals surface area contributed by atoms with Crippen molar-refractivity contribution in [3.63, 3.8) is 0 Å². The van der Waals surface area contributed by atoms with Crippen LogP contribution in [-0.2, 0) is 0 Å². The van der Waals surface area contributed by atoms with Gasteiger partial charge in [-0.05, 0) is 36.8 Å². The average molecular weight is 344 g/mol. The fraction of sp³-hybridized carbons (Fsp3) is 0.667. The summed E-state index contributed by atoms with van der Waals surface area (Å²) in [4.78, 5) is 0. The van der Waals surface area contributed by atoms with Gasteiger partial charge in [0.2, 0.25) is 0 Å². The van der Waals surface area contributed by atoms with Gasteiger partial charge in [0.05, 0.1) is 31.5 Å². The molecule has 0 saturated carbocycles. The molecule has 6 N–H and O–H groups in total. The normalized spacial score (nSPS) is 15.8. The molecule has 6 heteroatoms. The number of hydrogen-bond donors (Lipinski definition) is 6. The highest BCUT2D eigenvalue weighted by molar-refractivity contribution is 5.26. The van der Waals surface area contributed by atoms with E-state index in [9.17, 15) is 10.2 Å². The van der Waals surface area contributed by atoms with E-state index in [1.54, 1.807) is 18.2 Å². The van der Waals surface area contributed by atoms with Crippen LogP contribution in [0, 0.1) is 0 Å². The van der Waals surface area contributed by atoms with E-state index in [0.717, 1.165) is 5.56 Å². The highest BCUT2D eigenvalue weighted by atomic mass is 16.3. The maximum Gasteiger partial charge on any atom is 0.102 e. The second-order valence-corrected chi connectivity index (χ2v) is 5.77. The van der Waals surface area contributed by atoms with Gasteiger partial charge < -0.3 is 30.6 Å². The first-order valence-electron chi connectivity index (χ1n) is 8.43. The molecule has 1 aromatic rings. The number of benzene rings is 1. The van der Waals surface area contributed by atoms with Crippen LogP contribution in [0.25, 0.3) is 0 Å². The lowest BCUT2D eigenvalue weighted by molar-refractivity contribution is 0.0677. The summed E-state index contributed by atoms with van der Waals surface area (Å²) in [6.07, 6.45) is 0.0304. The Bertz CT molecular complexity index is 390. The third-order valence-corrected chi connectivity index (χ3v) is 3.75. The largest absolute Gasteiger partial charge is 0.394 e. The van der Waals surface area contributed by atoms with Gasteiger partial charge in [0.1, 0.15) is 6.10 Å². The summed E-state index contributed by atoms with van der Waals surface area (Å²) in [5.41, 5.74) is 1.41. The molecule has 0 amide bonds. The van der Waals surface area contributed by atoms with Crippen LogP contribution in [0.5, 0.6) is 0 Å². The van der Waals surface area contributed by atoms with Crippen molar-refractivity contribution in [3.8, 4) is 0 Å². The number of aliphatic hydroxyl groups is 6. The van der Waals surface area contributed by atoms with Crippen LogP contribution in [0.1, 0.15) is 62.9 Å². The lowest BCUT2D eigenvalue weighted by atomic mass is 10.0. The van der Waals surface area contributed by atoms with Crippen molar-refractivity contribution in [2.75, 3.05) is 13.2 Å². The quantitative estimate of drug-likeness (QED) is 0.398. The van der Waals surface area contributed by atoms with Gasteiger partial charge in [-0.3, -0.25) is 0 Å². The number of rotatable bonds is 9. The van der Waals surface area contributed by atoms with Gasteiger partial charge in [-0.25, -0.2) is 0 Å². The molecular formula is C18H32O6. The van der Waals surface area contributed by atoms with E-state index in [1.165, 1.54) is 0 Å². The molecule has 0 aliphatic rings. The maximum absolute atomic E-state index is 9.56. The highest BCUT2D eigenvalue weighted by Gasteiger charge is 2.09. The molecule has 0 fully saturated rings. The second-order valence-electron chi connectivity index (χ2n) is 5.77. The van der Waals surface area contributed by atoms with E-state index in [0.29, 0.717) is 31.2 Å². The Morgan fingerprint density at radius 3 is 1.75 bits per heavy atom. The minimum Gasteiger partial charge on any atom is -0.394 e. The summed E-state index contributed by atoms with van der Waals surface area (Å²) < 4.78 is 0. The lowest BCUT2D eigenvalue weighted by Gasteiger charge is -2.12. The second kappa shape index (κ2) is 13.3. The standard InChI is InChI=1S/C11H16O3.C7H16O3/c1-2-10(13)8-4-3-5-9(6-8)11(14)7-12;1-2-6(9)3-4-7(10)5-8/h3-6,10-14H,2,7H2,1H3;6-10H,2-5H2,1H3. The van der Waals surface area contributed by atoms with Gasteiger partial charge in [-0.1, -0.05) is 38.1 Å². The molecule has 24 heavy (non-hydrogen) atoms. The fourth-order valence-electron chi connectivity index (χ4n) is 1.99. The fourth-order valence-corrected chi connectivity index (χ4v) is 1.99. The zero-order chi connectivity index (χ0) is 18.5. The van der Waals surface area contributed by atoms with Gasteiger partial charge in [0, 0.05) is 0 Å². The molecule has 0 aliphatic carbocycles. The molecule has 1 rings (SSSR count). The average Bonchev–Trinajstić information content (AvgIpc) is 2.64. The molecule has 0 saturated heterocycles. The van der Waals surface area contributed by atoms with Gasteiger partial charge in [-0.2, -0.15) is 0 Å². The predicted octanol–water partition coefficient (Wildman–Crippen LogP) is 1.05. The molecule has 1 aromatic carbocycles. The third kappa shape index (κ3) is 9.32. The molecule has 0 spiro atoms. The smallest absolute Gasteiger partial charge is 0.102 e. The molecule has 6 nitrogen and oxygen atoms in total. The Morgan fingerprint density at radius 2 is 1.29 bits per heavy atom. The van der Waals surface area contributed by atoms with Crippen molar-refractivity contribution >= 4 is 0 Å². The molecule has 4 atom stereocenters. The lowest BCUT2D eigenvalue weighted by Crippen LogP contribution is -2.15. The van der Waals surface area contributed by atoms with Crippen LogP contribution < -0.4 is 0 Å². The monoisotopic (exact) mass is 344 g/mol. The van der Waals surface area contributed by atoms with Crippen molar-refractivity contribution in [3.05, 3.63) is 35.4 Å². The first kappa shape index (κ1) is 23.0. The molecule has 0 radical (unpaired) electrons. The van der Waals surface area contributed by atoms with E-state index in [-0.39, 0.29) is 19.3 Å². The highest BCUT2D eigenvalue weighted by Crippen LogP contribution is 2.20. The van der Waals surface area contributed by atoms with E-state index in [2.05, 4.69) is 0 Å². The summed E-state index contributed by atoms with van der Waals surface area (Å²) in [6.45, 7) is 3.26. The van der Waals surface area contributed by atoms with Gasteiger partial charge in [0.25, 0.3) is 0 Å². The summed E-state index contributed by atoms with van der Waals surface area (Å²) >= 11 is 0. The Hall–Kier alpha value is -1.02. The first-order valence-corrected chi connectivity index (χ1v) is 8.43. The van der Waals surface area contributed by atoms with E-state index < -0.39 is 18.3 Å². The molecule has 140 valence electrons. The van der Waals surface area contributed by atoms with Crippen LogP contribution in [0.2, 0.25) is 0 Å². The molecule has 0 aromatic heterocycles. The van der Waals surface area contributed by atoms with E-state index in [4.69, 9.17) is 20.4 Å². The van der Waals surface area contributed by atoms with Crippen LogP contribution >= 0.6 is 0 Å². The van der Waals surface area contributed by atoms with Gasteiger partial charge in [-0.15, -0.1) is 0 Å². The number of hydrogen-bond acceptors (Lipinski definition) is 6. The van der Waals surface area contributed by atoms with Crippen LogP contribution in [0.15, 0.2) is 24.3 Å². The van der Waals surface area contributed by atoms with Crippen LogP contribution in [-0.4, -0.2) is 56.1 Å². The number of aliphatic hydroxyl groups excluding tert-OH is 6. The van der Waals surface area contributed by atoms with Crippen molar-refractivity contribution in [2.45, 2.75) is 63.9 Å². The maximum atomic E-state index is 9.56. The van der Waals surface area contributed by atoms with Crippen molar-refractivity contribution in [2.24, 2.45) is 0 Å². The van der Waals surface area contributed by atoms with Crippen molar-refractivity contribution in [1.82, 2.24) is 0 Å². The molecule has 0 aliphatic heterocycles. The summed E-state index contributed by atoms with van der Waals surface area (Å²) in [6, 6.07) is 7.02. The first-order chi connectivity index (χ1) is 11.4. The molecule has 0 heterocycles. The third-order valence-electron chi connectivity index (χ3n) is 3.75. The Kier molecular flexibility index (Phi) is 12.7. The zero-order valence-electron chi connectivity index (χ0n) is 14.5.